The average Bonchev–Trinajstić information content (AvgIpc) is 2.91. The molecule has 0 spiro atoms. The van der Waals surface area contributed by atoms with Crippen molar-refractivity contribution in [1.29, 1.82) is 0 Å². The van der Waals surface area contributed by atoms with Crippen LogP contribution in [0.1, 0.15) is 42.4 Å². The number of hydrogen-bond acceptors (Lipinski definition) is 2. The predicted octanol–water partition coefficient (Wildman–Crippen LogP) is 4.80. The molecule has 3 aromatic rings. The third-order valence-electron chi connectivity index (χ3n) is 4.09. The summed E-state index contributed by atoms with van der Waals surface area (Å²) in [6.07, 6.45) is 0. The maximum absolute atomic E-state index is 12.7. The summed E-state index contributed by atoms with van der Waals surface area (Å²) in [6.45, 7) is 3.87. The molecule has 0 aliphatic carbocycles. The summed E-state index contributed by atoms with van der Waals surface area (Å²) >= 11 is 0. The van der Waals surface area contributed by atoms with Crippen molar-refractivity contribution in [3.05, 3.63) is 93.5 Å². The predicted molar refractivity (Wildman–Crippen MR) is 95.2 cm³/mol. The van der Waals surface area contributed by atoms with Crippen molar-refractivity contribution in [1.82, 2.24) is 0 Å². The third-order valence-corrected chi connectivity index (χ3v) is 5.79. The monoisotopic (exact) mass is 320 g/mol. The molecule has 0 radical (unpaired) electrons. The van der Waals surface area contributed by atoms with Gasteiger partial charge < -0.3 is 0 Å². The van der Waals surface area contributed by atoms with Gasteiger partial charge in [0, 0.05) is 21.7 Å². The minimum Gasteiger partial charge on any atom is -0.288 e. The van der Waals surface area contributed by atoms with Crippen LogP contribution in [-0.2, 0) is 0 Å². The molecule has 0 atom stereocenters. The van der Waals surface area contributed by atoms with E-state index in [1.807, 2.05) is 74.5 Å². The Labute approximate surface area is 137 Å². The fourth-order valence-corrected chi connectivity index (χ4v) is 4.13. The molecule has 0 saturated heterocycles. The molecule has 0 fully saturated rings. The second kappa shape index (κ2) is 6.36. The van der Waals surface area contributed by atoms with Gasteiger partial charge in [0.05, 0.1) is 0 Å². The Bertz CT molecular complexity index is 789. The summed E-state index contributed by atoms with van der Waals surface area (Å²) in [5.74, 6) is 0.0493. The van der Waals surface area contributed by atoms with Crippen LogP contribution in [0.3, 0.4) is 0 Å². The molecule has 3 heteroatoms. The molecule has 1 heterocycles. The van der Waals surface area contributed by atoms with Crippen LogP contribution in [0.25, 0.3) is 0 Å². The number of rotatable bonds is 4. The molecular formula is C20H17O2P. The van der Waals surface area contributed by atoms with Crippen molar-refractivity contribution in [2.75, 3.05) is 0 Å². The first-order chi connectivity index (χ1) is 11.1. The van der Waals surface area contributed by atoms with E-state index in [4.69, 9.17) is 0 Å². The van der Waals surface area contributed by atoms with E-state index in [1.165, 1.54) is 0 Å². The van der Waals surface area contributed by atoms with Crippen LogP contribution in [-0.4, -0.2) is 11.6 Å². The molecule has 0 bridgehead atoms. The number of hydrogen-bond donors (Lipinski definition) is 0. The zero-order valence-electron chi connectivity index (χ0n) is 13.1. The van der Waals surface area contributed by atoms with Crippen molar-refractivity contribution in [3.8, 4) is 0 Å². The van der Waals surface area contributed by atoms with Crippen molar-refractivity contribution >= 4 is 19.8 Å². The lowest BCUT2D eigenvalue weighted by Crippen LogP contribution is -2.00. The largest absolute Gasteiger partial charge is 0.288 e. The Morgan fingerprint density at radius 2 is 1.00 bits per heavy atom. The van der Waals surface area contributed by atoms with Gasteiger partial charge >= 0.3 is 0 Å². The Balaban J connectivity index is 2.03. The quantitative estimate of drug-likeness (QED) is 0.647. The van der Waals surface area contributed by atoms with Gasteiger partial charge in [-0.05, 0) is 25.0 Å². The van der Waals surface area contributed by atoms with Gasteiger partial charge in [-0.1, -0.05) is 60.7 Å². The normalized spacial score (nSPS) is 10.5. The van der Waals surface area contributed by atoms with E-state index in [1.54, 1.807) is 0 Å². The van der Waals surface area contributed by atoms with Crippen LogP contribution in [0.2, 0.25) is 0 Å². The minimum atomic E-state index is 0.0247. The van der Waals surface area contributed by atoms with Gasteiger partial charge in [-0.25, -0.2) is 0 Å². The Kier molecular flexibility index (Phi) is 4.27. The van der Waals surface area contributed by atoms with Crippen LogP contribution in [0.5, 0.6) is 0 Å². The van der Waals surface area contributed by atoms with Crippen molar-refractivity contribution in [2.45, 2.75) is 13.8 Å². The first kappa shape index (κ1) is 15.5. The summed E-state index contributed by atoms with van der Waals surface area (Å²) in [7, 11) is 0.123. The Hall–Kier alpha value is -2.44. The standard InChI is InChI=1S/C20H17O2P/c1-13-14(2)20(18(22)16-11-7-4-8-12-16)23-19(13)17(21)15-9-5-3-6-10-15/h3-12,23H,1-2H3. The molecule has 23 heavy (non-hydrogen) atoms. The molecule has 2 aromatic carbocycles. The lowest BCUT2D eigenvalue weighted by Gasteiger charge is -2.00. The van der Waals surface area contributed by atoms with E-state index in [0.29, 0.717) is 11.1 Å². The molecule has 0 aliphatic rings. The lowest BCUT2D eigenvalue weighted by molar-refractivity contribution is 0.103. The second-order valence-electron chi connectivity index (χ2n) is 5.52. The zero-order chi connectivity index (χ0) is 16.4. The molecule has 0 amide bonds. The van der Waals surface area contributed by atoms with Crippen LogP contribution < -0.4 is 0 Å². The molecule has 1 aromatic heterocycles. The molecule has 0 N–H and O–H groups in total. The zero-order valence-corrected chi connectivity index (χ0v) is 14.1. The number of carbonyl (C=O) groups excluding carboxylic acids is 2. The number of carbonyl (C=O) groups is 2. The maximum atomic E-state index is 12.7. The van der Waals surface area contributed by atoms with Crippen LogP contribution in [0, 0.1) is 13.8 Å². The highest BCUT2D eigenvalue weighted by Gasteiger charge is 2.21. The second-order valence-corrected chi connectivity index (χ2v) is 6.77. The third kappa shape index (κ3) is 2.91. The van der Waals surface area contributed by atoms with E-state index < -0.39 is 0 Å². The molecule has 0 aliphatic heterocycles. The molecule has 0 unspecified atom stereocenters. The summed E-state index contributed by atoms with van der Waals surface area (Å²) in [5.41, 5.74) is 3.24. The molecule has 0 saturated carbocycles. The minimum absolute atomic E-state index is 0.0247. The van der Waals surface area contributed by atoms with Gasteiger partial charge in [0.2, 0.25) is 0 Å². The van der Waals surface area contributed by atoms with Gasteiger partial charge in [-0.15, -0.1) is 8.19 Å². The first-order valence-electron chi connectivity index (χ1n) is 7.48. The van der Waals surface area contributed by atoms with E-state index in [9.17, 15) is 9.59 Å². The van der Waals surface area contributed by atoms with Crippen LogP contribution >= 0.6 is 8.19 Å². The molecular weight excluding hydrogens is 303 g/mol. The topological polar surface area (TPSA) is 34.1 Å². The van der Waals surface area contributed by atoms with Crippen LogP contribution in [0.4, 0.5) is 0 Å². The SMILES string of the molecule is Cc1c(C(=O)c2ccccc2)[pH]c(C(=O)c2ccccc2)c1C. The van der Waals surface area contributed by atoms with Crippen LogP contribution in [0.15, 0.2) is 60.7 Å². The van der Waals surface area contributed by atoms with E-state index in [0.717, 1.165) is 21.7 Å². The molecule has 114 valence electrons. The Morgan fingerprint density at radius 3 is 1.35 bits per heavy atom. The maximum Gasteiger partial charge on any atom is 0.196 e. The van der Waals surface area contributed by atoms with Gasteiger partial charge in [0.25, 0.3) is 0 Å². The number of ketones is 2. The van der Waals surface area contributed by atoms with E-state index in [2.05, 4.69) is 0 Å². The van der Waals surface area contributed by atoms with E-state index >= 15 is 0 Å². The highest BCUT2D eigenvalue weighted by Crippen LogP contribution is 2.35. The van der Waals surface area contributed by atoms with Gasteiger partial charge in [0.1, 0.15) is 0 Å². The van der Waals surface area contributed by atoms with Gasteiger partial charge in [-0.3, -0.25) is 9.59 Å². The summed E-state index contributed by atoms with van der Waals surface area (Å²) in [6, 6.07) is 18.5. The molecule has 2 nitrogen and oxygen atoms in total. The molecule has 3 rings (SSSR count). The lowest BCUT2D eigenvalue weighted by atomic mass is 10.0. The highest BCUT2D eigenvalue weighted by molar-refractivity contribution is 7.35. The van der Waals surface area contributed by atoms with Gasteiger partial charge in [-0.2, -0.15) is 0 Å². The summed E-state index contributed by atoms with van der Waals surface area (Å²) in [5, 5.41) is 1.51. The summed E-state index contributed by atoms with van der Waals surface area (Å²) in [4.78, 5) is 25.4. The van der Waals surface area contributed by atoms with Crippen molar-refractivity contribution < 1.29 is 9.59 Å². The number of benzene rings is 2. The summed E-state index contributed by atoms with van der Waals surface area (Å²) < 4.78 is 0. The average molecular weight is 320 g/mol. The smallest absolute Gasteiger partial charge is 0.196 e. The highest BCUT2D eigenvalue weighted by atomic mass is 31.0. The first-order valence-corrected chi connectivity index (χ1v) is 8.48. The fraction of sp³-hybridized carbons (Fsp3) is 0.100. The Morgan fingerprint density at radius 1 is 0.652 bits per heavy atom. The fourth-order valence-electron chi connectivity index (χ4n) is 2.61. The van der Waals surface area contributed by atoms with Crippen molar-refractivity contribution in [2.24, 2.45) is 0 Å². The van der Waals surface area contributed by atoms with E-state index in [-0.39, 0.29) is 19.8 Å². The van der Waals surface area contributed by atoms with Crippen molar-refractivity contribution in [3.63, 3.8) is 0 Å². The van der Waals surface area contributed by atoms with Gasteiger partial charge in [0.15, 0.2) is 11.6 Å².